The zero-order valence-electron chi connectivity index (χ0n) is 14.3. The Kier molecular flexibility index (Phi) is 12.1. The maximum atomic E-state index is 12.2. The van der Waals surface area contributed by atoms with Crippen molar-refractivity contribution in [3.8, 4) is 0 Å². The van der Waals surface area contributed by atoms with Crippen LogP contribution < -0.4 is 4.89 Å². The van der Waals surface area contributed by atoms with E-state index in [1.165, 1.54) is 0 Å². The highest BCUT2D eigenvalue weighted by Crippen LogP contribution is 2.42. The van der Waals surface area contributed by atoms with Crippen LogP contribution in [-0.4, -0.2) is 50.0 Å². The molecule has 0 aliphatic heterocycles. The van der Waals surface area contributed by atoms with Crippen LogP contribution in [0.3, 0.4) is 0 Å². The molecule has 0 bridgehead atoms. The van der Waals surface area contributed by atoms with E-state index in [1.807, 2.05) is 0 Å². The van der Waals surface area contributed by atoms with Gasteiger partial charge in [-0.15, -0.1) is 12.1 Å². The second-order valence-electron chi connectivity index (χ2n) is 5.45. The number of phosphoric ester groups is 1. The number of nitrogens with zero attached hydrogens (tertiary/aromatic N) is 1. The summed E-state index contributed by atoms with van der Waals surface area (Å²) in [4.78, 5) is 10.6. The Morgan fingerprint density at radius 1 is 0.846 bits per heavy atom. The minimum atomic E-state index is -5.84. The molecule has 0 N–H and O–H groups in total. The average molecular weight is 425 g/mol. The van der Waals surface area contributed by atoms with Gasteiger partial charge in [-0.3, -0.25) is 4.57 Å². The molecule has 26 heavy (non-hydrogen) atoms. The van der Waals surface area contributed by atoms with Crippen LogP contribution in [0.25, 0.3) is 5.32 Å². The number of hydrogen-bond acceptors (Lipinski definition) is 4. The lowest BCUT2D eigenvalue weighted by atomic mass is 10.3. The Bertz CT molecular complexity index is 403. The Morgan fingerprint density at radius 2 is 1.12 bits per heavy atom. The summed E-state index contributed by atoms with van der Waals surface area (Å²) in [6.07, 6.45) is -8.54. The fraction of sp³-hybridized carbons (Fsp3) is 1.00. The van der Waals surface area contributed by atoms with Gasteiger partial charge in [0, 0.05) is 0 Å². The van der Waals surface area contributed by atoms with Crippen molar-refractivity contribution >= 4 is 7.82 Å². The van der Waals surface area contributed by atoms with Crippen LogP contribution in [0.5, 0.6) is 0 Å². The highest BCUT2D eigenvalue weighted by molar-refractivity contribution is 7.45. The van der Waals surface area contributed by atoms with E-state index >= 15 is 0 Å². The summed E-state index contributed by atoms with van der Waals surface area (Å²) in [6.45, 7) is 3.65. The average Bonchev–Trinajstić information content (AvgIpc) is 2.42. The Balaban J connectivity index is 0. The second-order valence-corrected chi connectivity index (χ2v) is 6.86. The van der Waals surface area contributed by atoms with Crippen molar-refractivity contribution < 1.29 is 53.6 Å². The largest absolute Gasteiger partial charge is 0.756 e. The van der Waals surface area contributed by atoms with Gasteiger partial charge < -0.3 is 19.3 Å². The summed E-state index contributed by atoms with van der Waals surface area (Å²) >= 11 is 0. The molecule has 0 heterocycles. The molecule has 0 aliphatic rings. The van der Waals surface area contributed by atoms with Crippen molar-refractivity contribution in [3.63, 3.8) is 0 Å². The summed E-state index contributed by atoms with van der Waals surface area (Å²) in [5.41, 5.74) is 0. The number of hydrogen-bond donors (Lipinski definition) is 0. The number of phosphoric acid groups is 1. The number of halogens is 8. The first kappa shape index (κ1) is 27.7. The smallest absolute Gasteiger partial charge is 0.330 e. The fourth-order valence-electron chi connectivity index (χ4n) is 1.09. The molecule has 0 radical (unpaired) electrons. The summed E-state index contributed by atoms with van der Waals surface area (Å²) in [5.74, 6) is -9.73. The zero-order chi connectivity index (χ0) is 21.3. The van der Waals surface area contributed by atoms with Crippen LogP contribution in [0, 0.1) is 0 Å². The van der Waals surface area contributed by atoms with Crippen LogP contribution in [0.2, 0.25) is 0 Å². The maximum absolute atomic E-state index is 12.2. The first-order chi connectivity index (χ1) is 11.4. The summed E-state index contributed by atoms with van der Waals surface area (Å²) in [5, 5.41) is 4.28. The van der Waals surface area contributed by atoms with Crippen LogP contribution in [0.1, 0.15) is 27.7 Å². The van der Waals surface area contributed by atoms with Crippen molar-refractivity contribution in [1.82, 2.24) is 0 Å². The topological polar surface area (TPSA) is 72.7 Å². The van der Waals surface area contributed by atoms with E-state index < -0.39 is 45.7 Å². The molecule has 5 nitrogen and oxygen atoms in total. The Morgan fingerprint density at radius 3 is 1.27 bits per heavy atom. The van der Waals surface area contributed by atoms with E-state index in [0.717, 1.165) is 0 Å². The van der Waals surface area contributed by atoms with Gasteiger partial charge in [-0.2, -0.15) is 17.6 Å². The molecule has 0 rings (SSSR count). The molecular weight excluding hydrogens is 405 g/mol. The van der Waals surface area contributed by atoms with E-state index in [2.05, 4.69) is 42.1 Å². The molecule has 0 amide bonds. The number of alkyl halides is 8. The molecule has 14 heteroatoms. The van der Waals surface area contributed by atoms with Gasteiger partial charge in [0.2, 0.25) is 0 Å². The lowest BCUT2D eigenvalue weighted by molar-refractivity contribution is -0.246. The SMILES string of the molecule is CC(C)[N-]C(C)C.O=P([O-])(OCC(F)(F)C(F)F)OCC(F)(F)C(F)F. The van der Waals surface area contributed by atoms with Gasteiger partial charge in [-0.25, -0.2) is 17.6 Å². The quantitative estimate of drug-likeness (QED) is 0.383. The van der Waals surface area contributed by atoms with Crippen molar-refractivity contribution in [2.75, 3.05) is 13.2 Å². The van der Waals surface area contributed by atoms with E-state index in [0.29, 0.717) is 12.1 Å². The molecule has 0 aromatic carbocycles. The maximum Gasteiger partial charge on any atom is 0.330 e. The second kappa shape index (κ2) is 11.4. The monoisotopic (exact) mass is 425 g/mol. The third kappa shape index (κ3) is 13.7. The van der Waals surface area contributed by atoms with E-state index in [1.54, 1.807) is 0 Å². The molecule has 0 unspecified atom stereocenters. The van der Waals surface area contributed by atoms with Crippen molar-refractivity contribution in [2.24, 2.45) is 0 Å². The highest BCUT2D eigenvalue weighted by Gasteiger charge is 2.44. The third-order valence-corrected chi connectivity index (χ3v) is 2.96. The van der Waals surface area contributed by atoms with E-state index in [9.17, 15) is 44.6 Å². The highest BCUT2D eigenvalue weighted by atomic mass is 31.2. The predicted molar refractivity (Wildman–Crippen MR) is 75.0 cm³/mol. The first-order valence-corrected chi connectivity index (χ1v) is 8.51. The van der Waals surface area contributed by atoms with Crippen molar-refractivity contribution in [1.29, 1.82) is 0 Å². The molecule has 0 atom stereocenters. The van der Waals surface area contributed by atoms with Crippen LogP contribution >= 0.6 is 7.82 Å². The van der Waals surface area contributed by atoms with Crippen molar-refractivity contribution in [3.05, 3.63) is 5.32 Å². The van der Waals surface area contributed by atoms with Crippen LogP contribution in [0.4, 0.5) is 35.1 Å². The lowest BCUT2D eigenvalue weighted by Crippen LogP contribution is -2.35. The molecule has 0 saturated heterocycles. The predicted octanol–water partition coefficient (Wildman–Crippen LogP) is 4.47. The van der Waals surface area contributed by atoms with Gasteiger partial charge in [-0.1, -0.05) is 27.7 Å². The minimum absolute atomic E-state index is 0.500. The van der Waals surface area contributed by atoms with Crippen LogP contribution in [-0.2, 0) is 13.6 Å². The fourth-order valence-corrected chi connectivity index (χ4v) is 1.82. The lowest BCUT2D eigenvalue weighted by Gasteiger charge is -2.28. The van der Waals surface area contributed by atoms with E-state index in [4.69, 9.17) is 0 Å². The van der Waals surface area contributed by atoms with Gasteiger partial charge in [0.25, 0.3) is 7.82 Å². The van der Waals surface area contributed by atoms with Gasteiger partial charge in [-0.05, 0) is 0 Å². The zero-order valence-corrected chi connectivity index (χ0v) is 15.2. The molecule has 0 spiro atoms. The summed E-state index contributed by atoms with van der Waals surface area (Å²) < 4.78 is 112. The molecule has 0 aromatic rings. The third-order valence-electron chi connectivity index (χ3n) is 2.07. The normalized spacial score (nSPS) is 13.6. The van der Waals surface area contributed by atoms with Crippen molar-refractivity contribution in [2.45, 2.75) is 64.5 Å². The van der Waals surface area contributed by atoms with Crippen LogP contribution in [0.15, 0.2) is 0 Å². The summed E-state index contributed by atoms with van der Waals surface area (Å²) in [6, 6.07) is 1.000. The summed E-state index contributed by atoms with van der Waals surface area (Å²) in [7, 11) is -5.84. The molecule has 0 aliphatic carbocycles. The Labute approximate surface area is 145 Å². The molecule has 160 valence electrons. The molecule has 0 fully saturated rings. The molecule has 0 saturated carbocycles. The van der Waals surface area contributed by atoms with Gasteiger partial charge in [0.15, 0.2) is 0 Å². The minimum Gasteiger partial charge on any atom is -0.756 e. The van der Waals surface area contributed by atoms with E-state index in [-0.39, 0.29) is 0 Å². The van der Waals surface area contributed by atoms with Gasteiger partial charge in [0.05, 0.1) is 0 Å². The molecular formula is C12H20F8NO4P-2. The first-order valence-electron chi connectivity index (χ1n) is 7.05. The van der Waals surface area contributed by atoms with Gasteiger partial charge in [0.1, 0.15) is 13.2 Å². The molecule has 0 aromatic heterocycles. The van der Waals surface area contributed by atoms with Gasteiger partial charge >= 0.3 is 24.7 Å². The Hall–Kier alpha value is -0.490. The standard InChI is InChI=1S/C6H7F8O4P.C6H14N/c7-3(8)5(11,12)1-17-19(15,16)18-2-6(13,14)4(9)10;1-5(2)7-6(3)4/h3-4H,1-2H2,(H,15,16);5-6H,1-4H3/q;-1/p-1. The number of rotatable bonds is 10.